The molecule has 1 aliphatic heterocycles. The fourth-order valence-electron chi connectivity index (χ4n) is 2.43. The lowest BCUT2D eigenvalue weighted by atomic mass is 9.99. The van der Waals surface area contributed by atoms with Gasteiger partial charge in [-0.25, -0.2) is 4.98 Å². The van der Waals surface area contributed by atoms with E-state index < -0.39 is 0 Å². The van der Waals surface area contributed by atoms with Crippen LogP contribution in [0, 0.1) is 5.41 Å². The molecule has 0 spiro atoms. The van der Waals surface area contributed by atoms with Gasteiger partial charge in [-0.1, -0.05) is 20.8 Å². The van der Waals surface area contributed by atoms with E-state index in [1.807, 2.05) is 6.07 Å². The molecule has 0 aliphatic carbocycles. The number of nitrogens with zero attached hydrogens (tertiary/aromatic N) is 4. The Balaban J connectivity index is 1.96. The highest BCUT2D eigenvalue weighted by Crippen LogP contribution is 2.20. The van der Waals surface area contributed by atoms with Crippen molar-refractivity contribution < 1.29 is 4.74 Å². The second kappa shape index (κ2) is 6.41. The molecule has 1 aromatic heterocycles. The summed E-state index contributed by atoms with van der Waals surface area (Å²) in [6.07, 6.45) is 1.79. The van der Waals surface area contributed by atoms with Crippen LogP contribution in [0.3, 0.4) is 0 Å². The summed E-state index contributed by atoms with van der Waals surface area (Å²) >= 11 is 0. The minimum absolute atomic E-state index is 0.128. The Morgan fingerprint density at radius 2 is 1.68 bits per heavy atom. The summed E-state index contributed by atoms with van der Waals surface area (Å²) in [5, 5.41) is 0. The quantitative estimate of drug-likeness (QED) is 0.859. The Morgan fingerprint density at radius 3 is 2.23 bits per heavy atom. The molecule has 22 heavy (non-hydrogen) atoms. The van der Waals surface area contributed by atoms with Gasteiger partial charge < -0.3 is 9.64 Å². The van der Waals surface area contributed by atoms with Crippen molar-refractivity contribution in [2.75, 3.05) is 37.7 Å². The van der Waals surface area contributed by atoms with E-state index in [4.69, 9.17) is 4.74 Å². The fourth-order valence-corrected chi connectivity index (χ4v) is 2.43. The fraction of sp³-hybridized carbons (Fsp3) is 0.765. The third-order valence-corrected chi connectivity index (χ3v) is 3.78. The molecule has 0 aromatic carbocycles. The first-order chi connectivity index (χ1) is 10.1. The van der Waals surface area contributed by atoms with Crippen molar-refractivity contribution in [3.8, 4) is 5.88 Å². The van der Waals surface area contributed by atoms with Gasteiger partial charge in [0.1, 0.15) is 0 Å². The first kappa shape index (κ1) is 17.0. The molecule has 0 N–H and O–H groups in total. The number of hydrogen-bond acceptors (Lipinski definition) is 5. The van der Waals surface area contributed by atoms with Crippen LogP contribution < -0.4 is 9.64 Å². The number of hydrogen-bond donors (Lipinski definition) is 0. The minimum Gasteiger partial charge on any atom is -0.477 e. The zero-order valence-electron chi connectivity index (χ0n) is 14.9. The zero-order valence-corrected chi connectivity index (χ0v) is 14.9. The third kappa shape index (κ3) is 4.83. The van der Waals surface area contributed by atoms with E-state index in [0.717, 1.165) is 32.1 Å². The molecule has 0 atom stereocenters. The lowest BCUT2D eigenvalue weighted by molar-refractivity contribution is 0.128. The standard InChI is InChI=1S/C17H30N4O/c1-16(2,3)13-22-14-7-8-18-15(19-14)20-9-11-21(12-10-20)17(4,5)6/h7-8H,9-13H2,1-6H3. The van der Waals surface area contributed by atoms with Gasteiger partial charge in [0, 0.05) is 44.0 Å². The highest BCUT2D eigenvalue weighted by Gasteiger charge is 2.26. The molecule has 0 bridgehead atoms. The summed E-state index contributed by atoms with van der Waals surface area (Å²) in [5.41, 5.74) is 0.355. The second-order valence-corrected chi connectivity index (χ2v) is 8.19. The summed E-state index contributed by atoms with van der Waals surface area (Å²) < 4.78 is 5.79. The van der Waals surface area contributed by atoms with Gasteiger partial charge in [0.15, 0.2) is 0 Å². The molecule has 2 rings (SSSR count). The number of piperazine rings is 1. The predicted octanol–water partition coefficient (Wildman–Crippen LogP) is 2.82. The van der Waals surface area contributed by atoms with Crippen LogP contribution in [0.15, 0.2) is 12.3 Å². The van der Waals surface area contributed by atoms with Crippen LogP contribution in [0.2, 0.25) is 0 Å². The molecular weight excluding hydrogens is 276 g/mol. The summed E-state index contributed by atoms with van der Waals surface area (Å²) in [7, 11) is 0. The number of aromatic nitrogens is 2. The Kier molecular flexibility index (Phi) is 4.95. The molecule has 0 amide bonds. The molecule has 1 aliphatic rings. The zero-order chi connectivity index (χ0) is 16.4. The molecule has 0 unspecified atom stereocenters. The molecule has 1 saturated heterocycles. The lowest BCUT2D eigenvalue weighted by Gasteiger charge is -2.42. The maximum absolute atomic E-state index is 5.79. The Bertz CT molecular complexity index is 482. The maximum Gasteiger partial charge on any atom is 0.228 e. The average Bonchev–Trinajstić information content (AvgIpc) is 2.44. The molecule has 5 heteroatoms. The highest BCUT2D eigenvalue weighted by atomic mass is 16.5. The first-order valence-electron chi connectivity index (χ1n) is 8.11. The van der Waals surface area contributed by atoms with E-state index in [2.05, 4.69) is 61.3 Å². The lowest BCUT2D eigenvalue weighted by Crippen LogP contribution is -2.53. The molecule has 1 aromatic rings. The molecule has 0 radical (unpaired) electrons. The van der Waals surface area contributed by atoms with Gasteiger partial charge in [-0.05, 0) is 26.2 Å². The van der Waals surface area contributed by atoms with Crippen molar-refractivity contribution in [2.24, 2.45) is 5.41 Å². The van der Waals surface area contributed by atoms with Crippen LogP contribution >= 0.6 is 0 Å². The van der Waals surface area contributed by atoms with Crippen LogP contribution in [0.5, 0.6) is 5.88 Å². The molecule has 0 saturated carbocycles. The van der Waals surface area contributed by atoms with Crippen LogP contribution in [0.1, 0.15) is 41.5 Å². The normalized spacial score (nSPS) is 17.6. The number of ether oxygens (including phenoxy) is 1. The van der Waals surface area contributed by atoms with Crippen molar-refractivity contribution in [2.45, 2.75) is 47.1 Å². The Morgan fingerprint density at radius 1 is 1.05 bits per heavy atom. The van der Waals surface area contributed by atoms with E-state index in [1.165, 1.54) is 0 Å². The van der Waals surface area contributed by atoms with Gasteiger partial charge in [-0.2, -0.15) is 4.98 Å². The topological polar surface area (TPSA) is 41.5 Å². The van der Waals surface area contributed by atoms with E-state index in [0.29, 0.717) is 12.5 Å². The smallest absolute Gasteiger partial charge is 0.228 e. The second-order valence-electron chi connectivity index (χ2n) is 8.19. The maximum atomic E-state index is 5.79. The molecular formula is C17H30N4O. The van der Waals surface area contributed by atoms with Crippen molar-refractivity contribution in [1.29, 1.82) is 0 Å². The van der Waals surface area contributed by atoms with Gasteiger partial charge in [-0.15, -0.1) is 0 Å². The number of anilines is 1. The van der Waals surface area contributed by atoms with Crippen molar-refractivity contribution in [3.05, 3.63) is 12.3 Å². The van der Waals surface area contributed by atoms with Crippen LogP contribution in [0.4, 0.5) is 5.95 Å². The SMILES string of the molecule is CC(C)(C)COc1ccnc(N2CCN(C(C)(C)C)CC2)n1. The molecule has 1 fully saturated rings. The minimum atomic E-state index is 0.128. The predicted molar refractivity (Wildman–Crippen MR) is 90.5 cm³/mol. The molecule has 124 valence electrons. The first-order valence-corrected chi connectivity index (χ1v) is 8.11. The van der Waals surface area contributed by atoms with E-state index in [9.17, 15) is 0 Å². The van der Waals surface area contributed by atoms with Gasteiger partial charge in [0.2, 0.25) is 11.8 Å². The van der Waals surface area contributed by atoms with Crippen molar-refractivity contribution in [3.63, 3.8) is 0 Å². The largest absolute Gasteiger partial charge is 0.477 e. The van der Waals surface area contributed by atoms with Gasteiger partial charge >= 0.3 is 0 Å². The third-order valence-electron chi connectivity index (χ3n) is 3.78. The summed E-state index contributed by atoms with van der Waals surface area (Å²) in [6, 6.07) is 1.83. The van der Waals surface area contributed by atoms with Gasteiger partial charge in [0.25, 0.3) is 0 Å². The summed E-state index contributed by atoms with van der Waals surface area (Å²) in [4.78, 5) is 13.7. The van der Waals surface area contributed by atoms with E-state index >= 15 is 0 Å². The van der Waals surface area contributed by atoms with E-state index in [-0.39, 0.29) is 11.0 Å². The highest BCUT2D eigenvalue weighted by molar-refractivity contribution is 5.32. The Labute approximate surface area is 134 Å². The Hall–Kier alpha value is -1.36. The number of rotatable bonds is 3. The van der Waals surface area contributed by atoms with Crippen molar-refractivity contribution >= 4 is 5.95 Å². The summed E-state index contributed by atoms with van der Waals surface area (Å²) in [6.45, 7) is 17.9. The van der Waals surface area contributed by atoms with Gasteiger partial charge in [0.05, 0.1) is 6.61 Å². The van der Waals surface area contributed by atoms with E-state index in [1.54, 1.807) is 6.20 Å². The average molecular weight is 306 g/mol. The molecule has 5 nitrogen and oxygen atoms in total. The van der Waals surface area contributed by atoms with Crippen LogP contribution in [0.25, 0.3) is 0 Å². The monoisotopic (exact) mass is 306 g/mol. The van der Waals surface area contributed by atoms with Crippen LogP contribution in [-0.4, -0.2) is 53.2 Å². The van der Waals surface area contributed by atoms with Gasteiger partial charge in [-0.3, -0.25) is 4.90 Å². The molecule has 2 heterocycles. The summed E-state index contributed by atoms with van der Waals surface area (Å²) in [5.74, 6) is 1.44. The van der Waals surface area contributed by atoms with Crippen LogP contribution in [-0.2, 0) is 0 Å². The van der Waals surface area contributed by atoms with Crippen molar-refractivity contribution in [1.82, 2.24) is 14.9 Å².